The van der Waals surface area contributed by atoms with Crippen LogP contribution in [0.2, 0.25) is 0 Å². The minimum Gasteiger partial charge on any atom is -0.388 e. The van der Waals surface area contributed by atoms with Crippen LogP contribution in [0.15, 0.2) is 17.8 Å². The third-order valence-corrected chi connectivity index (χ3v) is 3.25. The molecule has 20 heavy (non-hydrogen) atoms. The van der Waals surface area contributed by atoms with Gasteiger partial charge in [0, 0.05) is 11.5 Å². The van der Waals surface area contributed by atoms with Gasteiger partial charge in [0.2, 0.25) is 0 Å². The van der Waals surface area contributed by atoms with E-state index in [-0.39, 0.29) is 5.82 Å². The van der Waals surface area contributed by atoms with Crippen molar-refractivity contribution in [2.75, 3.05) is 12.3 Å². The number of nitrogens with two attached hydrogens (primary N) is 1. The molecule has 1 fully saturated rings. The number of ether oxygens (including phenoxy) is 1. The number of imidazole rings is 1. The lowest BCUT2D eigenvalue weighted by Crippen LogP contribution is -2.40. The van der Waals surface area contributed by atoms with Crippen LogP contribution in [0.3, 0.4) is 0 Å². The predicted octanol–water partition coefficient (Wildman–Crippen LogP) is 0.367. The van der Waals surface area contributed by atoms with Crippen LogP contribution in [0.1, 0.15) is 12.6 Å². The highest BCUT2D eigenvalue weighted by atomic mass is 16.5. The maximum Gasteiger partial charge on any atom is 0.167 e. The van der Waals surface area contributed by atoms with Gasteiger partial charge in [-0.3, -0.25) is 4.57 Å². The summed E-state index contributed by atoms with van der Waals surface area (Å²) in [6.07, 6.45) is 1.55. The lowest BCUT2D eigenvalue weighted by Gasteiger charge is -2.33. The summed E-state index contributed by atoms with van der Waals surface area (Å²) < 4.78 is 7.11. The van der Waals surface area contributed by atoms with Crippen LogP contribution in [-0.4, -0.2) is 43.4 Å². The Hall–Kier alpha value is -2.42. The van der Waals surface area contributed by atoms with Crippen molar-refractivity contribution in [3.8, 4) is 0 Å². The summed E-state index contributed by atoms with van der Waals surface area (Å²) in [5.74, 6) is 0.255. The molecule has 10 nitrogen and oxygen atoms in total. The fraction of sp³-hybridized carbons (Fsp3) is 0.500. The first kappa shape index (κ1) is 12.6. The van der Waals surface area contributed by atoms with E-state index < -0.39 is 18.4 Å². The van der Waals surface area contributed by atoms with Gasteiger partial charge in [0.05, 0.1) is 12.4 Å². The van der Waals surface area contributed by atoms with E-state index in [0.717, 1.165) is 0 Å². The SMILES string of the molecule is [N-]=[N+]=N[C@@H]1CCO[C@@H](n2cnc3c(N)ncnc32)[C@H]1O. The first-order valence-electron chi connectivity index (χ1n) is 5.99. The zero-order valence-electron chi connectivity index (χ0n) is 10.4. The number of aliphatic hydroxyl groups is 1. The number of nitrogen functional groups attached to an aromatic ring is 1. The number of hydrogen-bond donors (Lipinski definition) is 2. The topological polar surface area (TPSA) is 148 Å². The average molecular weight is 276 g/mol. The van der Waals surface area contributed by atoms with Crippen LogP contribution in [0.4, 0.5) is 5.82 Å². The molecule has 10 heteroatoms. The molecule has 0 saturated carbocycles. The van der Waals surface area contributed by atoms with Crippen LogP contribution in [0.25, 0.3) is 21.6 Å². The van der Waals surface area contributed by atoms with Gasteiger partial charge in [0.15, 0.2) is 17.7 Å². The number of anilines is 1. The summed E-state index contributed by atoms with van der Waals surface area (Å²) in [5, 5.41) is 13.8. The Morgan fingerprint density at radius 3 is 3.15 bits per heavy atom. The second-order valence-electron chi connectivity index (χ2n) is 4.40. The van der Waals surface area contributed by atoms with Gasteiger partial charge < -0.3 is 15.6 Å². The lowest BCUT2D eigenvalue weighted by atomic mass is 10.0. The highest BCUT2D eigenvalue weighted by Gasteiger charge is 2.34. The Kier molecular flexibility index (Phi) is 3.11. The van der Waals surface area contributed by atoms with Crippen molar-refractivity contribution in [2.45, 2.75) is 24.8 Å². The number of aromatic nitrogens is 4. The van der Waals surface area contributed by atoms with E-state index in [9.17, 15) is 5.11 Å². The molecule has 3 N–H and O–H groups in total. The van der Waals surface area contributed by atoms with E-state index in [0.29, 0.717) is 24.2 Å². The maximum absolute atomic E-state index is 10.2. The van der Waals surface area contributed by atoms with E-state index in [4.69, 9.17) is 16.0 Å². The number of rotatable bonds is 2. The summed E-state index contributed by atoms with van der Waals surface area (Å²) >= 11 is 0. The number of hydrogen-bond acceptors (Lipinski definition) is 7. The predicted molar refractivity (Wildman–Crippen MR) is 68.3 cm³/mol. The van der Waals surface area contributed by atoms with Crippen molar-refractivity contribution >= 4 is 17.0 Å². The summed E-state index contributed by atoms with van der Waals surface area (Å²) in [7, 11) is 0. The van der Waals surface area contributed by atoms with Gasteiger partial charge in [-0.05, 0) is 12.0 Å². The van der Waals surface area contributed by atoms with Gasteiger partial charge in [0.25, 0.3) is 0 Å². The second kappa shape index (κ2) is 4.93. The molecule has 1 aliphatic rings. The van der Waals surface area contributed by atoms with E-state index in [1.54, 1.807) is 4.57 Å². The Balaban J connectivity index is 2.02. The van der Waals surface area contributed by atoms with Crippen molar-refractivity contribution < 1.29 is 9.84 Å². The average Bonchev–Trinajstić information content (AvgIpc) is 2.87. The second-order valence-corrected chi connectivity index (χ2v) is 4.40. The van der Waals surface area contributed by atoms with E-state index in [1.165, 1.54) is 12.7 Å². The van der Waals surface area contributed by atoms with Gasteiger partial charge in [0.1, 0.15) is 17.9 Å². The Morgan fingerprint density at radius 2 is 2.35 bits per heavy atom. The fourth-order valence-electron chi connectivity index (χ4n) is 2.26. The largest absolute Gasteiger partial charge is 0.388 e. The standard InChI is InChI=1S/C10H12N8O2/c11-8-6-9(14-3-13-8)18(4-15-6)10-7(19)5(16-17-12)1-2-20-10/h3-5,7,10,19H,1-2H2,(H2,11,13,14)/t5-,7+,10-/m1/s1. The van der Waals surface area contributed by atoms with Crippen LogP contribution >= 0.6 is 0 Å². The molecule has 1 saturated heterocycles. The molecule has 3 rings (SSSR count). The van der Waals surface area contributed by atoms with E-state index in [2.05, 4.69) is 25.0 Å². The minimum atomic E-state index is -0.978. The molecule has 0 aliphatic carbocycles. The highest BCUT2D eigenvalue weighted by Crippen LogP contribution is 2.28. The highest BCUT2D eigenvalue weighted by molar-refractivity contribution is 5.81. The fourth-order valence-corrected chi connectivity index (χ4v) is 2.26. The summed E-state index contributed by atoms with van der Waals surface area (Å²) in [6, 6.07) is -0.546. The summed E-state index contributed by atoms with van der Waals surface area (Å²) in [6.45, 7) is 0.367. The van der Waals surface area contributed by atoms with Gasteiger partial charge in [-0.25, -0.2) is 15.0 Å². The quantitative estimate of drug-likeness (QED) is 0.459. The third kappa shape index (κ3) is 1.92. The number of fused-ring (bicyclic) bond motifs is 1. The number of nitrogens with zero attached hydrogens (tertiary/aromatic N) is 7. The molecule has 3 heterocycles. The van der Waals surface area contributed by atoms with Gasteiger partial charge in [-0.1, -0.05) is 5.11 Å². The summed E-state index contributed by atoms with van der Waals surface area (Å²) in [5.41, 5.74) is 15.1. The lowest BCUT2D eigenvalue weighted by molar-refractivity contribution is -0.121. The monoisotopic (exact) mass is 276 g/mol. The molecule has 0 amide bonds. The van der Waals surface area contributed by atoms with Gasteiger partial charge in [-0.2, -0.15) is 0 Å². The van der Waals surface area contributed by atoms with Crippen molar-refractivity contribution in [2.24, 2.45) is 5.11 Å². The molecular formula is C10H12N8O2. The Morgan fingerprint density at radius 1 is 1.50 bits per heavy atom. The Labute approximate surface area is 112 Å². The van der Waals surface area contributed by atoms with Crippen molar-refractivity contribution in [3.63, 3.8) is 0 Å². The minimum absolute atomic E-state index is 0.255. The van der Waals surface area contributed by atoms with Crippen LogP contribution in [0, 0.1) is 0 Å². The van der Waals surface area contributed by atoms with E-state index >= 15 is 0 Å². The van der Waals surface area contributed by atoms with Crippen LogP contribution in [-0.2, 0) is 4.74 Å². The summed E-state index contributed by atoms with van der Waals surface area (Å²) in [4.78, 5) is 14.8. The molecular weight excluding hydrogens is 264 g/mol. The molecule has 0 unspecified atom stereocenters. The molecule has 1 aliphatic heterocycles. The zero-order valence-corrected chi connectivity index (χ0v) is 10.4. The van der Waals surface area contributed by atoms with Crippen molar-refractivity contribution in [1.82, 2.24) is 19.5 Å². The molecule has 0 radical (unpaired) electrons. The third-order valence-electron chi connectivity index (χ3n) is 3.25. The zero-order chi connectivity index (χ0) is 14.1. The molecule has 2 aromatic heterocycles. The normalized spacial score (nSPS) is 26.4. The van der Waals surface area contributed by atoms with Crippen molar-refractivity contribution in [3.05, 3.63) is 23.1 Å². The number of azide groups is 1. The van der Waals surface area contributed by atoms with E-state index in [1.807, 2.05) is 0 Å². The smallest absolute Gasteiger partial charge is 0.167 e. The first-order valence-corrected chi connectivity index (χ1v) is 5.99. The number of aliphatic hydroxyl groups excluding tert-OH is 1. The van der Waals surface area contributed by atoms with Crippen molar-refractivity contribution in [1.29, 1.82) is 0 Å². The maximum atomic E-state index is 10.2. The molecule has 0 spiro atoms. The van der Waals surface area contributed by atoms with Crippen LogP contribution < -0.4 is 5.73 Å². The molecule has 104 valence electrons. The molecule has 3 atom stereocenters. The molecule has 0 bridgehead atoms. The Bertz CT molecular complexity index is 679. The molecule has 0 aromatic carbocycles. The first-order chi connectivity index (χ1) is 9.72. The molecule has 2 aromatic rings. The van der Waals surface area contributed by atoms with Gasteiger partial charge >= 0.3 is 0 Å². The van der Waals surface area contributed by atoms with Crippen LogP contribution in [0.5, 0.6) is 0 Å². The van der Waals surface area contributed by atoms with Gasteiger partial charge in [-0.15, -0.1) is 0 Å².